The van der Waals surface area contributed by atoms with Crippen LogP contribution in [0.2, 0.25) is 10.0 Å². The lowest BCUT2D eigenvalue weighted by molar-refractivity contribution is -0.116. The number of fused-ring (bicyclic) bond motifs is 1. The highest BCUT2D eigenvalue weighted by atomic mass is 35.5. The smallest absolute Gasteiger partial charge is 0.324 e. The molecule has 7 nitrogen and oxygen atoms in total. The molecule has 3 rings (SSSR count). The molecular formula is C16H12Cl2N4O3. The molecule has 25 heavy (non-hydrogen) atoms. The number of carbonyl (C=O) groups excluding carboxylic acids is 1. The average Bonchev–Trinajstić information content (AvgIpc) is 3.05. The van der Waals surface area contributed by atoms with E-state index in [9.17, 15) is 19.6 Å². The van der Waals surface area contributed by atoms with Gasteiger partial charge < -0.3 is 5.32 Å². The molecule has 1 aliphatic rings. The number of hydrogen-bond donors (Lipinski definition) is 1. The first-order valence-electron chi connectivity index (χ1n) is 7.44. The molecule has 0 atom stereocenters. The van der Waals surface area contributed by atoms with Crippen molar-refractivity contribution >= 4 is 34.8 Å². The molecule has 0 saturated carbocycles. The Balaban J connectivity index is 1.92. The summed E-state index contributed by atoms with van der Waals surface area (Å²) >= 11 is 11.7. The van der Waals surface area contributed by atoms with Crippen molar-refractivity contribution in [3.8, 4) is 6.07 Å². The minimum atomic E-state index is -0.745. The molecule has 0 unspecified atom stereocenters. The maximum Gasteiger partial charge on any atom is 0.331 e. The minimum absolute atomic E-state index is 0.0839. The second kappa shape index (κ2) is 6.75. The number of carbonyl (C=O) groups is 1. The highest BCUT2D eigenvalue weighted by Crippen LogP contribution is 2.24. The first kappa shape index (κ1) is 17.3. The van der Waals surface area contributed by atoms with Crippen molar-refractivity contribution < 1.29 is 4.79 Å². The molecule has 0 bridgehead atoms. The number of rotatable bonds is 3. The summed E-state index contributed by atoms with van der Waals surface area (Å²) in [6.45, 7) is -0.0651. The van der Waals surface area contributed by atoms with Crippen LogP contribution in [0, 0.1) is 11.3 Å². The Bertz CT molecular complexity index is 1030. The fourth-order valence-corrected chi connectivity index (χ4v) is 3.10. The molecular weight excluding hydrogens is 367 g/mol. The molecule has 1 N–H and O–H groups in total. The van der Waals surface area contributed by atoms with Crippen molar-refractivity contribution in [2.75, 3.05) is 5.32 Å². The lowest BCUT2D eigenvalue weighted by Crippen LogP contribution is -2.44. The first-order valence-corrected chi connectivity index (χ1v) is 8.19. The van der Waals surface area contributed by atoms with Crippen molar-refractivity contribution in [3.05, 3.63) is 60.3 Å². The van der Waals surface area contributed by atoms with Crippen LogP contribution in [0.1, 0.15) is 17.7 Å². The molecule has 1 aromatic heterocycles. The Morgan fingerprint density at radius 1 is 1.28 bits per heavy atom. The van der Waals surface area contributed by atoms with Gasteiger partial charge >= 0.3 is 5.69 Å². The van der Waals surface area contributed by atoms with E-state index in [1.54, 1.807) is 6.07 Å². The summed E-state index contributed by atoms with van der Waals surface area (Å²) in [4.78, 5) is 37.0. The Kier molecular flexibility index (Phi) is 4.66. The Labute approximate surface area is 152 Å². The van der Waals surface area contributed by atoms with Crippen LogP contribution in [0.5, 0.6) is 0 Å². The molecule has 0 aliphatic carbocycles. The third-order valence-corrected chi connectivity index (χ3v) is 4.69. The van der Waals surface area contributed by atoms with Crippen LogP contribution in [0.25, 0.3) is 0 Å². The number of nitrogens with zero attached hydrogens (tertiary/aromatic N) is 3. The third kappa shape index (κ3) is 3.18. The molecule has 0 radical (unpaired) electrons. The summed E-state index contributed by atoms with van der Waals surface area (Å²) in [5.74, 6) is -0.583. The predicted molar refractivity (Wildman–Crippen MR) is 93.1 cm³/mol. The summed E-state index contributed by atoms with van der Waals surface area (Å²) in [5, 5.41) is 12.4. The standard InChI is InChI=1S/C16H12Cl2N4O3/c17-11-4-3-9(6-12(11)18)20-14(23)8-22-15(24)10(7-19)13-2-1-5-21(13)16(22)25/h3-4,6H,1-2,5,8H2,(H,20,23). The van der Waals surface area contributed by atoms with Crippen molar-refractivity contribution in [2.45, 2.75) is 25.9 Å². The van der Waals surface area contributed by atoms with Gasteiger partial charge in [-0.05, 0) is 31.0 Å². The fourth-order valence-electron chi connectivity index (χ4n) is 2.81. The number of aromatic nitrogens is 2. The van der Waals surface area contributed by atoms with E-state index >= 15 is 0 Å². The van der Waals surface area contributed by atoms with Crippen molar-refractivity contribution in [3.63, 3.8) is 0 Å². The molecule has 2 heterocycles. The largest absolute Gasteiger partial charge is 0.331 e. The highest BCUT2D eigenvalue weighted by molar-refractivity contribution is 6.42. The van der Waals surface area contributed by atoms with Gasteiger partial charge in [0.1, 0.15) is 18.2 Å². The SMILES string of the molecule is N#Cc1c2n(c(=O)n(CC(=O)Nc3ccc(Cl)c(Cl)c3)c1=O)CCC2. The Hall–Kier alpha value is -2.56. The van der Waals surface area contributed by atoms with Crippen LogP contribution in [0.3, 0.4) is 0 Å². The second-order valence-electron chi connectivity index (χ2n) is 5.54. The van der Waals surface area contributed by atoms with E-state index in [1.807, 2.05) is 6.07 Å². The van der Waals surface area contributed by atoms with Gasteiger partial charge in [-0.15, -0.1) is 0 Å². The van der Waals surface area contributed by atoms with Crippen molar-refractivity contribution in [2.24, 2.45) is 0 Å². The molecule has 1 amide bonds. The van der Waals surface area contributed by atoms with Gasteiger partial charge in [-0.1, -0.05) is 23.2 Å². The lowest BCUT2D eigenvalue weighted by Gasteiger charge is -2.11. The van der Waals surface area contributed by atoms with Crippen LogP contribution < -0.4 is 16.6 Å². The van der Waals surface area contributed by atoms with Gasteiger partial charge in [-0.2, -0.15) is 5.26 Å². The zero-order valence-electron chi connectivity index (χ0n) is 12.9. The monoisotopic (exact) mass is 378 g/mol. The quantitative estimate of drug-likeness (QED) is 0.879. The number of anilines is 1. The summed E-state index contributed by atoms with van der Waals surface area (Å²) in [5.41, 5.74) is -0.585. The second-order valence-corrected chi connectivity index (χ2v) is 6.35. The average molecular weight is 379 g/mol. The number of amides is 1. The van der Waals surface area contributed by atoms with Gasteiger partial charge in [-0.3, -0.25) is 14.2 Å². The van der Waals surface area contributed by atoms with Crippen LogP contribution in [0.15, 0.2) is 27.8 Å². The van der Waals surface area contributed by atoms with E-state index < -0.39 is 23.7 Å². The third-order valence-electron chi connectivity index (χ3n) is 3.95. The summed E-state index contributed by atoms with van der Waals surface area (Å²) in [7, 11) is 0. The van der Waals surface area contributed by atoms with E-state index in [4.69, 9.17) is 23.2 Å². The molecule has 1 aliphatic heterocycles. The first-order chi connectivity index (χ1) is 11.9. The van der Waals surface area contributed by atoms with E-state index in [-0.39, 0.29) is 10.6 Å². The van der Waals surface area contributed by atoms with Crippen LogP contribution in [-0.2, 0) is 24.3 Å². The normalized spacial score (nSPS) is 12.5. The van der Waals surface area contributed by atoms with Crippen molar-refractivity contribution in [1.29, 1.82) is 5.26 Å². The highest BCUT2D eigenvalue weighted by Gasteiger charge is 2.23. The molecule has 1 aromatic carbocycles. The number of benzene rings is 1. The van der Waals surface area contributed by atoms with Gasteiger partial charge in [0, 0.05) is 17.9 Å². The predicted octanol–water partition coefficient (Wildman–Crippen LogP) is 1.77. The van der Waals surface area contributed by atoms with Crippen LogP contribution in [-0.4, -0.2) is 15.0 Å². The minimum Gasteiger partial charge on any atom is -0.324 e. The van der Waals surface area contributed by atoms with Gasteiger partial charge in [0.05, 0.1) is 10.0 Å². The van der Waals surface area contributed by atoms with E-state index in [1.165, 1.54) is 16.7 Å². The molecule has 9 heteroatoms. The number of halogens is 2. The van der Waals surface area contributed by atoms with Crippen molar-refractivity contribution in [1.82, 2.24) is 9.13 Å². The zero-order valence-corrected chi connectivity index (χ0v) is 14.4. The molecule has 0 saturated heterocycles. The lowest BCUT2D eigenvalue weighted by atomic mass is 10.2. The molecule has 2 aromatic rings. The number of nitrogens with one attached hydrogen (secondary N) is 1. The van der Waals surface area contributed by atoms with E-state index in [0.29, 0.717) is 35.8 Å². The van der Waals surface area contributed by atoms with Gasteiger partial charge in [0.15, 0.2) is 0 Å². The van der Waals surface area contributed by atoms with Crippen LogP contribution in [0.4, 0.5) is 5.69 Å². The molecule has 0 spiro atoms. The molecule has 0 fully saturated rings. The fraction of sp³-hybridized carbons (Fsp3) is 0.250. The summed E-state index contributed by atoms with van der Waals surface area (Å²) in [6, 6.07) is 6.37. The van der Waals surface area contributed by atoms with Gasteiger partial charge in [0.25, 0.3) is 5.56 Å². The van der Waals surface area contributed by atoms with Gasteiger partial charge in [0.2, 0.25) is 5.91 Å². The van der Waals surface area contributed by atoms with E-state index in [2.05, 4.69) is 5.32 Å². The zero-order chi connectivity index (χ0) is 18.1. The van der Waals surface area contributed by atoms with Gasteiger partial charge in [-0.25, -0.2) is 9.36 Å². The maximum atomic E-state index is 12.4. The summed E-state index contributed by atoms with van der Waals surface area (Å²) < 4.78 is 2.16. The Morgan fingerprint density at radius 3 is 2.72 bits per heavy atom. The Morgan fingerprint density at radius 2 is 2.04 bits per heavy atom. The molecule has 128 valence electrons. The van der Waals surface area contributed by atoms with E-state index in [0.717, 1.165) is 4.57 Å². The summed E-state index contributed by atoms with van der Waals surface area (Å²) in [6.07, 6.45) is 1.19. The number of hydrogen-bond acceptors (Lipinski definition) is 4. The topological polar surface area (TPSA) is 96.9 Å². The van der Waals surface area contributed by atoms with Crippen LogP contribution >= 0.6 is 23.2 Å². The maximum absolute atomic E-state index is 12.4. The number of nitriles is 1.